The van der Waals surface area contributed by atoms with Gasteiger partial charge in [-0.1, -0.05) is 0 Å². The van der Waals surface area contributed by atoms with E-state index in [1.54, 1.807) is 0 Å². The number of phosphoric acid groups is 1. The van der Waals surface area contributed by atoms with Gasteiger partial charge in [0.25, 0.3) is 0 Å². The molecule has 0 aromatic carbocycles. The minimum atomic E-state index is -5.14. The van der Waals surface area contributed by atoms with Gasteiger partial charge in [0, 0.05) is 0 Å². The van der Waals surface area contributed by atoms with E-state index < -0.39 is 18.9 Å². The Morgan fingerprint density at radius 2 is 0.810 bits per heavy atom. The molecule has 0 rings (SSSR count). The number of hydrogen-bond acceptors (Lipinski definition) is 9. The van der Waals surface area contributed by atoms with Crippen LogP contribution in [0.25, 0.3) is 0 Å². The lowest BCUT2D eigenvalue weighted by molar-refractivity contribution is -0.495. The molecule has 132 valence electrons. The molecule has 21 heavy (non-hydrogen) atoms. The smallest absolute Gasteiger partial charge is 0.164 e. The number of aliphatic hydroxyl groups excluding tert-OH is 6. The van der Waals surface area contributed by atoms with Crippen molar-refractivity contribution >= 4 is 7.82 Å². The third kappa shape index (κ3) is 19.8. The molecule has 0 saturated carbocycles. The Balaban J connectivity index is -0.000000239. The van der Waals surface area contributed by atoms with Crippen LogP contribution >= 0.6 is 7.82 Å². The van der Waals surface area contributed by atoms with Crippen molar-refractivity contribution in [2.24, 2.45) is 0 Å². The van der Waals surface area contributed by atoms with Gasteiger partial charge >= 0.3 is 0 Å². The summed E-state index contributed by atoms with van der Waals surface area (Å²) >= 11 is 0. The van der Waals surface area contributed by atoms with Crippen LogP contribution in [0.15, 0.2) is 0 Å². The fourth-order valence-electron chi connectivity index (χ4n) is 0.300. The maximum absolute atomic E-state index is 8.66. The lowest BCUT2D eigenvalue weighted by Gasteiger charge is -2.19. The molecule has 0 radical (unpaired) electrons. The van der Waals surface area contributed by atoms with Crippen LogP contribution in [-0.2, 0) is 4.57 Å². The quantitative estimate of drug-likeness (QED) is 0.206. The highest BCUT2D eigenvalue weighted by Gasteiger charge is 2.26. The monoisotopic (exact) mass is 340 g/mol. The number of quaternary nitrogens is 2. The van der Waals surface area contributed by atoms with Crippen molar-refractivity contribution in [3.8, 4) is 0 Å². The van der Waals surface area contributed by atoms with Gasteiger partial charge in [-0.25, -0.2) is 0 Å². The molecule has 0 saturated heterocycles. The van der Waals surface area contributed by atoms with Crippen LogP contribution in [0.3, 0.4) is 0 Å². The summed E-state index contributed by atoms with van der Waals surface area (Å²) in [5.74, 6) is 0. The highest BCUT2D eigenvalue weighted by Crippen LogP contribution is 2.11. The molecule has 0 bridgehead atoms. The summed E-state index contributed by atoms with van der Waals surface area (Å²) in [5, 5.41) is 50.4. The van der Waals surface area contributed by atoms with Crippen molar-refractivity contribution in [2.75, 3.05) is 39.6 Å². The summed E-state index contributed by atoms with van der Waals surface area (Å²) in [4.78, 5) is 24.3. The number of aliphatic hydroxyl groups is 6. The van der Waals surface area contributed by atoms with Gasteiger partial charge in [-0.15, -0.1) is 0 Å². The van der Waals surface area contributed by atoms with E-state index in [-0.39, 0.29) is 39.6 Å². The first-order valence-corrected chi connectivity index (χ1v) is 6.97. The first-order valence-electron chi connectivity index (χ1n) is 5.47. The third-order valence-electron chi connectivity index (χ3n) is 2.01. The Morgan fingerprint density at radius 1 is 0.714 bits per heavy atom. The lowest BCUT2D eigenvalue weighted by atomic mass is 10.1. The van der Waals surface area contributed by atoms with Crippen LogP contribution in [0.4, 0.5) is 0 Å². The first-order chi connectivity index (χ1) is 9.36. The van der Waals surface area contributed by atoms with Crippen LogP contribution < -0.4 is 21.3 Å². The molecule has 0 spiro atoms. The van der Waals surface area contributed by atoms with Crippen molar-refractivity contribution < 1.29 is 61.4 Å². The molecule has 0 atom stereocenters. The average molecular weight is 340 g/mol. The molecule has 13 heteroatoms. The highest BCUT2D eigenvalue weighted by molar-refractivity contribution is 7.42. The largest absolute Gasteiger partial charge is 0.790 e. The van der Waals surface area contributed by atoms with Crippen LogP contribution in [0.2, 0.25) is 0 Å². The lowest BCUT2D eigenvalue weighted by Crippen LogP contribution is -2.78. The summed E-state index contributed by atoms with van der Waals surface area (Å²) in [5.41, 5.74) is 4.83. The zero-order valence-electron chi connectivity index (χ0n) is 11.5. The van der Waals surface area contributed by atoms with Gasteiger partial charge in [-0.3, -0.25) is 0 Å². The molecular formula is C8H25N2O10P. The molecular weight excluding hydrogens is 315 g/mol. The van der Waals surface area contributed by atoms with Crippen LogP contribution in [0.5, 0.6) is 0 Å². The fourth-order valence-corrected chi connectivity index (χ4v) is 0.300. The topological polar surface area (TPSA) is 260 Å². The Labute approximate surface area is 121 Å². The van der Waals surface area contributed by atoms with Gasteiger partial charge in [0.05, 0.1) is 7.82 Å². The third-order valence-corrected chi connectivity index (χ3v) is 2.01. The molecule has 0 aromatic heterocycles. The Kier molecular flexibility index (Phi) is 15.1. The summed E-state index contributed by atoms with van der Waals surface area (Å²) in [6.45, 7) is -1.75. The maximum atomic E-state index is 8.66. The van der Waals surface area contributed by atoms with E-state index in [4.69, 9.17) is 49.9 Å². The second-order valence-corrected chi connectivity index (χ2v) is 5.35. The molecule has 13 N–H and O–H groups in total. The first kappa shape index (κ1) is 25.7. The standard InChI is InChI=1S/2C4H11NO3.H3O4P/c2*5-4(1-6,2-7)3-8;1-5(2,3)4/h2*6-8H,1-3,5H2;(H3,1,2,3,4). The second-order valence-electron chi connectivity index (χ2n) is 4.42. The van der Waals surface area contributed by atoms with E-state index in [9.17, 15) is 0 Å². The maximum Gasteiger partial charge on any atom is 0.164 e. The minimum Gasteiger partial charge on any atom is -0.790 e. The SMILES string of the molecule is O=P([O-])([O-])O.[NH3+]C(CO)(CO)CO.[NH3+]C(CO)(CO)CO. The van der Waals surface area contributed by atoms with Crippen molar-refractivity contribution in [1.82, 2.24) is 0 Å². The molecule has 0 aromatic rings. The Morgan fingerprint density at radius 3 is 0.810 bits per heavy atom. The predicted molar refractivity (Wildman–Crippen MR) is 63.6 cm³/mol. The van der Waals surface area contributed by atoms with E-state index in [1.165, 1.54) is 0 Å². The molecule has 12 nitrogen and oxygen atoms in total. The zero-order valence-corrected chi connectivity index (χ0v) is 12.4. The molecule has 0 unspecified atom stereocenters. The van der Waals surface area contributed by atoms with E-state index >= 15 is 0 Å². The van der Waals surface area contributed by atoms with E-state index in [0.717, 1.165) is 0 Å². The minimum absolute atomic E-state index is 0.292. The van der Waals surface area contributed by atoms with Gasteiger partial charge in [-0.2, -0.15) is 0 Å². The molecule has 0 aliphatic rings. The van der Waals surface area contributed by atoms with Crippen LogP contribution in [0.1, 0.15) is 0 Å². The summed E-state index contributed by atoms with van der Waals surface area (Å²) < 4.78 is 8.66. The predicted octanol–water partition coefficient (Wildman–Crippen LogP) is -8.30. The Bertz CT molecular complexity index is 235. The number of hydrogen-bond donors (Lipinski definition) is 9. The summed E-state index contributed by atoms with van der Waals surface area (Å²) in [6, 6.07) is 0. The molecule has 0 aliphatic carbocycles. The second kappa shape index (κ2) is 12.3. The molecule has 0 aliphatic heterocycles. The summed E-state index contributed by atoms with van der Waals surface area (Å²) in [6.07, 6.45) is 0. The van der Waals surface area contributed by atoms with Crippen molar-refractivity contribution in [1.29, 1.82) is 0 Å². The van der Waals surface area contributed by atoms with Gasteiger partial charge in [0.1, 0.15) is 39.6 Å². The van der Waals surface area contributed by atoms with Crippen LogP contribution in [-0.4, -0.2) is 86.3 Å². The van der Waals surface area contributed by atoms with E-state index in [2.05, 4.69) is 11.5 Å². The van der Waals surface area contributed by atoms with Gasteiger partial charge in [-0.05, 0) is 0 Å². The van der Waals surface area contributed by atoms with Crippen molar-refractivity contribution in [3.63, 3.8) is 0 Å². The number of rotatable bonds is 6. The van der Waals surface area contributed by atoms with E-state index in [0.29, 0.717) is 0 Å². The van der Waals surface area contributed by atoms with Gasteiger partial charge in [0.15, 0.2) is 11.1 Å². The molecule has 0 fully saturated rings. The summed E-state index contributed by atoms with van der Waals surface area (Å²) in [7, 11) is -5.14. The fraction of sp³-hybridized carbons (Fsp3) is 1.00. The average Bonchev–Trinajstić information content (AvgIpc) is 2.44. The van der Waals surface area contributed by atoms with Crippen molar-refractivity contribution in [2.45, 2.75) is 11.1 Å². The zero-order chi connectivity index (χ0) is 17.7. The molecule has 0 amide bonds. The highest BCUT2D eigenvalue weighted by atomic mass is 31.2. The Hall–Kier alpha value is -0.210. The van der Waals surface area contributed by atoms with Crippen LogP contribution in [0, 0.1) is 0 Å². The molecule has 0 heterocycles. The van der Waals surface area contributed by atoms with E-state index in [1.807, 2.05) is 0 Å². The normalized spacial score (nSPS) is 12.0. The van der Waals surface area contributed by atoms with Gasteiger partial charge < -0.3 is 61.4 Å². The van der Waals surface area contributed by atoms with Crippen molar-refractivity contribution in [3.05, 3.63) is 0 Å². The van der Waals surface area contributed by atoms with Gasteiger partial charge in [0.2, 0.25) is 0 Å².